The molecule has 5 nitrogen and oxygen atoms in total. The van der Waals surface area contributed by atoms with Gasteiger partial charge in [0.1, 0.15) is 0 Å². The highest BCUT2D eigenvalue weighted by Crippen LogP contribution is 2.29. The van der Waals surface area contributed by atoms with E-state index in [1.807, 2.05) is 0 Å². The second-order valence-corrected chi connectivity index (χ2v) is 6.89. The number of nitrogens with zero attached hydrogens (tertiary/aromatic N) is 1. The Kier molecular flexibility index (Phi) is 7.98. The first kappa shape index (κ1) is 21.1. The van der Waals surface area contributed by atoms with Crippen molar-refractivity contribution in [2.75, 3.05) is 20.2 Å². The fourth-order valence-corrected chi connectivity index (χ4v) is 3.44. The number of aliphatic carboxylic acids is 1. The number of aliphatic hydroxyl groups is 2. The van der Waals surface area contributed by atoms with Crippen molar-refractivity contribution in [1.29, 1.82) is 0 Å². The van der Waals surface area contributed by atoms with E-state index in [0.717, 1.165) is 12.5 Å². The van der Waals surface area contributed by atoms with Gasteiger partial charge in [-0.2, -0.15) is 0 Å². The van der Waals surface area contributed by atoms with Gasteiger partial charge in [-0.15, -0.1) is 0 Å². The van der Waals surface area contributed by atoms with Crippen molar-refractivity contribution >= 4 is 5.97 Å². The minimum Gasteiger partial charge on any atom is -0.479 e. The molecule has 1 saturated heterocycles. The SMILES string of the molecule is CN1CCCC1CCCO.O=C(O)C(O)(c1ccccc1)c1ccccc1. The zero-order valence-electron chi connectivity index (χ0n) is 15.8. The van der Waals surface area contributed by atoms with Gasteiger partial charge in [0, 0.05) is 12.6 Å². The predicted octanol–water partition coefficient (Wildman–Crippen LogP) is 2.86. The van der Waals surface area contributed by atoms with Crippen LogP contribution in [0.15, 0.2) is 60.7 Å². The summed E-state index contributed by atoms with van der Waals surface area (Å²) in [6.45, 7) is 1.60. The van der Waals surface area contributed by atoms with Gasteiger partial charge in [-0.05, 0) is 50.4 Å². The summed E-state index contributed by atoms with van der Waals surface area (Å²) in [7, 11) is 2.18. The molecule has 0 saturated carbocycles. The second kappa shape index (κ2) is 10.2. The standard InChI is InChI=1S/C14H12O3.C8H17NO/c15-13(16)14(17,11-7-3-1-4-8-11)12-9-5-2-6-10-12;1-9-6-2-4-8(9)5-3-7-10/h1-10,17H,(H,15,16);8,10H,2-7H2,1H3. The number of rotatable bonds is 6. The molecule has 1 aliphatic rings. The highest BCUT2D eigenvalue weighted by molar-refractivity contribution is 5.83. The molecule has 1 heterocycles. The van der Waals surface area contributed by atoms with E-state index < -0.39 is 11.6 Å². The highest BCUT2D eigenvalue weighted by Gasteiger charge is 2.39. The summed E-state index contributed by atoms with van der Waals surface area (Å²) in [6, 6.07) is 17.5. The van der Waals surface area contributed by atoms with Crippen LogP contribution < -0.4 is 0 Å². The van der Waals surface area contributed by atoms with E-state index in [1.54, 1.807) is 60.7 Å². The molecule has 0 aromatic heterocycles. The number of carboxylic acids is 1. The predicted molar refractivity (Wildman–Crippen MR) is 105 cm³/mol. The minimum atomic E-state index is -2.00. The van der Waals surface area contributed by atoms with Crippen LogP contribution in [-0.4, -0.2) is 52.4 Å². The normalized spacial score (nSPS) is 17.2. The summed E-state index contributed by atoms with van der Waals surface area (Å²) in [5.74, 6) is -1.28. The summed E-state index contributed by atoms with van der Waals surface area (Å²) in [5.41, 5.74) is -1.31. The maximum absolute atomic E-state index is 11.4. The Morgan fingerprint density at radius 3 is 1.96 bits per heavy atom. The summed E-state index contributed by atoms with van der Waals surface area (Å²) in [6.07, 6.45) is 4.81. The van der Waals surface area contributed by atoms with Crippen LogP contribution in [0.4, 0.5) is 0 Å². The Morgan fingerprint density at radius 1 is 1.07 bits per heavy atom. The van der Waals surface area contributed by atoms with Crippen LogP contribution in [0.5, 0.6) is 0 Å². The van der Waals surface area contributed by atoms with Crippen LogP contribution in [0.3, 0.4) is 0 Å². The van der Waals surface area contributed by atoms with Gasteiger partial charge in [0.05, 0.1) is 0 Å². The Morgan fingerprint density at radius 2 is 1.59 bits per heavy atom. The lowest BCUT2D eigenvalue weighted by atomic mass is 9.86. The number of hydrogen-bond donors (Lipinski definition) is 3. The number of benzene rings is 2. The number of carbonyl (C=O) groups is 1. The van der Waals surface area contributed by atoms with Gasteiger partial charge in [0.15, 0.2) is 0 Å². The molecular formula is C22H29NO4. The average molecular weight is 371 g/mol. The van der Waals surface area contributed by atoms with E-state index in [9.17, 15) is 15.0 Å². The smallest absolute Gasteiger partial charge is 0.345 e. The third kappa shape index (κ3) is 5.39. The van der Waals surface area contributed by atoms with Crippen molar-refractivity contribution < 1.29 is 20.1 Å². The van der Waals surface area contributed by atoms with E-state index in [4.69, 9.17) is 5.11 Å². The molecule has 0 radical (unpaired) electrons. The molecule has 27 heavy (non-hydrogen) atoms. The molecule has 0 amide bonds. The third-order valence-electron chi connectivity index (χ3n) is 5.06. The van der Waals surface area contributed by atoms with Crippen molar-refractivity contribution in [3.05, 3.63) is 71.8 Å². The maximum atomic E-state index is 11.4. The summed E-state index contributed by atoms with van der Waals surface area (Å²) < 4.78 is 0. The van der Waals surface area contributed by atoms with Gasteiger partial charge in [0.2, 0.25) is 5.60 Å². The van der Waals surface area contributed by atoms with Crippen molar-refractivity contribution in [3.63, 3.8) is 0 Å². The lowest BCUT2D eigenvalue weighted by Gasteiger charge is -2.24. The summed E-state index contributed by atoms with van der Waals surface area (Å²) in [4.78, 5) is 13.8. The zero-order valence-corrected chi connectivity index (χ0v) is 15.8. The fraction of sp³-hybridized carbons (Fsp3) is 0.409. The Bertz CT molecular complexity index is 650. The lowest BCUT2D eigenvalue weighted by molar-refractivity contribution is -0.155. The van der Waals surface area contributed by atoms with Crippen molar-refractivity contribution in [3.8, 4) is 0 Å². The van der Waals surface area contributed by atoms with Crippen molar-refractivity contribution in [2.45, 2.75) is 37.3 Å². The fourth-order valence-electron chi connectivity index (χ4n) is 3.44. The molecule has 2 aromatic rings. The molecule has 3 N–H and O–H groups in total. The molecule has 1 aliphatic heterocycles. The van der Waals surface area contributed by atoms with E-state index in [0.29, 0.717) is 17.7 Å². The van der Waals surface area contributed by atoms with Gasteiger partial charge in [-0.25, -0.2) is 4.79 Å². The number of likely N-dealkylation sites (tertiary alicyclic amines) is 1. The number of carboxylic acid groups (broad SMARTS) is 1. The molecular weight excluding hydrogens is 342 g/mol. The van der Waals surface area contributed by atoms with Crippen molar-refractivity contribution in [2.24, 2.45) is 0 Å². The first-order valence-electron chi connectivity index (χ1n) is 9.38. The van der Waals surface area contributed by atoms with Gasteiger partial charge >= 0.3 is 5.97 Å². The number of hydrogen-bond acceptors (Lipinski definition) is 4. The second-order valence-electron chi connectivity index (χ2n) is 6.89. The molecule has 0 bridgehead atoms. The van der Waals surface area contributed by atoms with E-state index in [2.05, 4.69) is 11.9 Å². The molecule has 2 aromatic carbocycles. The van der Waals surface area contributed by atoms with Gasteiger partial charge < -0.3 is 20.2 Å². The van der Waals surface area contributed by atoms with Gasteiger partial charge in [0.25, 0.3) is 0 Å². The summed E-state index contributed by atoms with van der Waals surface area (Å²) >= 11 is 0. The molecule has 146 valence electrons. The molecule has 0 aliphatic carbocycles. The van der Waals surface area contributed by atoms with Gasteiger partial charge in [-0.3, -0.25) is 0 Å². The Labute approximate surface area is 160 Å². The van der Waals surface area contributed by atoms with E-state index in [1.165, 1.54) is 25.8 Å². The molecule has 1 fully saturated rings. The molecule has 0 spiro atoms. The zero-order chi connectivity index (χ0) is 19.7. The average Bonchev–Trinajstić information content (AvgIpc) is 3.12. The molecule has 3 rings (SSSR count). The first-order chi connectivity index (χ1) is 13.0. The largest absolute Gasteiger partial charge is 0.479 e. The summed E-state index contributed by atoms with van der Waals surface area (Å²) in [5, 5.41) is 28.3. The van der Waals surface area contributed by atoms with E-state index in [-0.39, 0.29) is 0 Å². The van der Waals surface area contributed by atoms with Crippen LogP contribution in [-0.2, 0) is 10.4 Å². The van der Waals surface area contributed by atoms with Gasteiger partial charge in [-0.1, -0.05) is 60.7 Å². The van der Waals surface area contributed by atoms with Crippen LogP contribution in [0.2, 0.25) is 0 Å². The van der Waals surface area contributed by atoms with Crippen molar-refractivity contribution in [1.82, 2.24) is 4.90 Å². The quantitative estimate of drug-likeness (QED) is 0.727. The topological polar surface area (TPSA) is 81.0 Å². The van der Waals surface area contributed by atoms with Crippen LogP contribution in [0.1, 0.15) is 36.8 Å². The first-order valence-corrected chi connectivity index (χ1v) is 9.38. The van der Waals surface area contributed by atoms with Crippen LogP contribution in [0.25, 0.3) is 0 Å². The molecule has 5 heteroatoms. The van der Waals surface area contributed by atoms with Crippen LogP contribution in [0, 0.1) is 0 Å². The minimum absolute atomic E-state index is 0.346. The Hall–Kier alpha value is -2.21. The molecule has 1 unspecified atom stereocenters. The Balaban J connectivity index is 0.000000223. The van der Waals surface area contributed by atoms with E-state index >= 15 is 0 Å². The number of aliphatic hydroxyl groups excluding tert-OH is 1. The maximum Gasteiger partial charge on any atom is 0.345 e. The monoisotopic (exact) mass is 371 g/mol. The molecule has 1 atom stereocenters. The lowest BCUT2D eigenvalue weighted by Crippen LogP contribution is -2.36. The highest BCUT2D eigenvalue weighted by atomic mass is 16.4. The van der Waals surface area contributed by atoms with Crippen LogP contribution >= 0.6 is 0 Å². The third-order valence-corrected chi connectivity index (χ3v) is 5.06.